The largest absolute Gasteiger partial charge is 0.273 e. The van der Waals surface area contributed by atoms with Gasteiger partial charge in [-0.3, -0.25) is 20.4 Å². The molecule has 26 heavy (non-hydrogen) atoms. The summed E-state index contributed by atoms with van der Waals surface area (Å²) < 4.78 is 0. The molecule has 3 rings (SSSR count). The van der Waals surface area contributed by atoms with Gasteiger partial charge in [0.05, 0.1) is 17.1 Å². The molecule has 0 aliphatic heterocycles. The van der Waals surface area contributed by atoms with Crippen LogP contribution in [0.2, 0.25) is 0 Å². The first-order chi connectivity index (χ1) is 12.5. The molecular formula is C20H19N3O2S. The number of carbonyl (C=O) groups excluding carboxylic acids is 2. The summed E-state index contributed by atoms with van der Waals surface area (Å²) in [5.74, 6) is -0.635. The maximum atomic E-state index is 12.2. The average Bonchev–Trinajstić information content (AvgIpc) is 3.01. The van der Waals surface area contributed by atoms with Crippen LogP contribution in [0.25, 0.3) is 11.3 Å². The monoisotopic (exact) mass is 365 g/mol. The summed E-state index contributed by atoms with van der Waals surface area (Å²) in [5, 5.41) is 0.900. The van der Waals surface area contributed by atoms with Gasteiger partial charge in [0.1, 0.15) is 0 Å². The van der Waals surface area contributed by atoms with Crippen LogP contribution >= 0.6 is 11.3 Å². The molecular weight excluding hydrogens is 346 g/mol. The zero-order valence-corrected chi connectivity index (χ0v) is 15.4. The van der Waals surface area contributed by atoms with Gasteiger partial charge in [0.25, 0.3) is 5.91 Å². The van der Waals surface area contributed by atoms with Crippen molar-refractivity contribution in [1.82, 2.24) is 15.8 Å². The van der Waals surface area contributed by atoms with Gasteiger partial charge in [-0.2, -0.15) is 0 Å². The van der Waals surface area contributed by atoms with Crippen LogP contribution in [0.3, 0.4) is 0 Å². The van der Waals surface area contributed by atoms with E-state index >= 15 is 0 Å². The van der Waals surface area contributed by atoms with E-state index in [2.05, 4.69) is 15.8 Å². The highest BCUT2D eigenvalue weighted by molar-refractivity contribution is 7.12. The number of rotatable bonds is 4. The first-order valence-corrected chi connectivity index (χ1v) is 9.02. The van der Waals surface area contributed by atoms with Crippen molar-refractivity contribution in [3.63, 3.8) is 0 Å². The lowest BCUT2D eigenvalue weighted by molar-refractivity contribution is -0.121. The van der Waals surface area contributed by atoms with Crippen LogP contribution in [0, 0.1) is 13.8 Å². The minimum atomic E-state index is -0.349. The van der Waals surface area contributed by atoms with Gasteiger partial charge >= 0.3 is 0 Å². The van der Waals surface area contributed by atoms with Crippen molar-refractivity contribution in [3.05, 3.63) is 75.6 Å². The van der Waals surface area contributed by atoms with Crippen molar-refractivity contribution in [1.29, 1.82) is 0 Å². The van der Waals surface area contributed by atoms with Crippen LogP contribution in [0.15, 0.2) is 54.6 Å². The van der Waals surface area contributed by atoms with E-state index in [4.69, 9.17) is 0 Å². The van der Waals surface area contributed by atoms with Crippen molar-refractivity contribution in [2.24, 2.45) is 0 Å². The Balaban J connectivity index is 1.66. The molecule has 0 aliphatic carbocycles. The van der Waals surface area contributed by atoms with Gasteiger partial charge in [-0.1, -0.05) is 48.0 Å². The molecule has 0 radical (unpaired) electrons. The number of aryl methyl sites for hydroxylation is 2. The smallest absolute Gasteiger partial charge is 0.269 e. The highest BCUT2D eigenvalue weighted by Crippen LogP contribution is 2.28. The molecule has 0 bridgehead atoms. The molecule has 0 saturated heterocycles. The molecule has 0 aliphatic rings. The van der Waals surface area contributed by atoms with E-state index in [-0.39, 0.29) is 18.2 Å². The summed E-state index contributed by atoms with van der Waals surface area (Å²) in [6, 6.07) is 16.8. The summed E-state index contributed by atoms with van der Waals surface area (Å²) in [5.41, 5.74) is 8.36. The lowest BCUT2D eigenvalue weighted by Gasteiger charge is -2.07. The number of hydrogen-bond acceptors (Lipinski definition) is 4. The second kappa shape index (κ2) is 7.93. The molecule has 0 unspecified atom stereocenters. The van der Waals surface area contributed by atoms with Crippen molar-refractivity contribution < 1.29 is 9.59 Å². The third kappa shape index (κ3) is 4.34. The van der Waals surface area contributed by atoms with E-state index in [1.54, 1.807) is 24.3 Å². The molecule has 0 fully saturated rings. The van der Waals surface area contributed by atoms with Crippen LogP contribution in [0.4, 0.5) is 0 Å². The molecule has 5 nitrogen and oxygen atoms in total. The van der Waals surface area contributed by atoms with Crippen LogP contribution in [-0.4, -0.2) is 16.8 Å². The maximum Gasteiger partial charge on any atom is 0.269 e. The zero-order chi connectivity index (χ0) is 18.5. The van der Waals surface area contributed by atoms with E-state index in [1.807, 2.05) is 44.2 Å². The molecule has 2 aromatic carbocycles. The SMILES string of the molecule is Cc1ccc(-c2nc(C)sc2CC(=O)NNC(=O)c2ccccc2)cc1. The second-order valence-electron chi connectivity index (χ2n) is 5.92. The Labute approximate surface area is 156 Å². The fourth-order valence-corrected chi connectivity index (χ4v) is 3.46. The van der Waals surface area contributed by atoms with Gasteiger partial charge in [0, 0.05) is 16.0 Å². The summed E-state index contributed by atoms with van der Waals surface area (Å²) in [6.07, 6.45) is 0.157. The van der Waals surface area contributed by atoms with Gasteiger partial charge in [-0.05, 0) is 26.0 Å². The van der Waals surface area contributed by atoms with Crippen molar-refractivity contribution in [3.8, 4) is 11.3 Å². The number of hydrazine groups is 1. The predicted octanol–water partition coefficient (Wildman–Crippen LogP) is 3.43. The van der Waals surface area contributed by atoms with Crippen LogP contribution in [-0.2, 0) is 11.2 Å². The average molecular weight is 365 g/mol. The molecule has 6 heteroatoms. The van der Waals surface area contributed by atoms with Crippen LogP contribution in [0.5, 0.6) is 0 Å². The molecule has 0 atom stereocenters. The van der Waals surface area contributed by atoms with Gasteiger partial charge in [0.2, 0.25) is 5.91 Å². The summed E-state index contributed by atoms with van der Waals surface area (Å²) in [7, 11) is 0. The van der Waals surface area contributed by atoms with Gasteiger partial charge in [-0.15, -0.1) is 11.3 Å². The summed E-state index contributed by atoms with van der Waals surface area (Å²) in [4.78, 5) is 29.7. The lowest BCUT2D eigenvalue weighted by Crippen LogP contribution is -2.42. The number of nitrogens with one attached hydrogen (secondary N) is 2. The molecule has 0 spiro atoms. The Morgan fingerprint density at radius 3 is 2.35 bits per heavy atom. The van der Waals surface area contributed by atoms with Gasteiger partial charge in [0.15, 0.2) is 0 Å². The van der Waals surface area contributed by atoms with Crippen molar-refractivity contribution >= 4 is 23.2 Å². The number of nitrogens with zero attached hydrogens (tertiary/aromatic N) is 1. The molecule has 1 heterocycles. The molecule has 0 saturated carbocycles. The lowest BCUT2D eigenvalue weighted by atomic mass is 10.1. The number of thiazole rings is 1. The Bertz CT molecular complexity index is 918. The van der Waals surface area contributed by atoms with Gasteiger partial charge < -0.3 is 0 Å². The molecule has 3 aromatic rings. The molecule has 2 N–H and O–H groups in total. The normalized spacial score (nSPS) is 10.4. The maximum absolute atomic E-state index is 12.2. The van der Waals surface area contributed by atoms with E-state index in [9.17, 15) is 9.59 Å². The minimum Gasteiger partial charge on any atom is -0.273 e. The van der Waals surface area contributed by atoms with E-state index in [0.717, 1.165) is 21.1 Å². The number of benzene rings is 2. The summed E-state index contributed by atoms with van der Waals surface area (Å²) in [6.45, 7) is 3.95. The Kier molecular flexibility index (Phi) is 5.43. The fraction of sp³-hybridized carbons (Fsp3) is 0.150. The molecule has 132 valence electrons. The third-order valence-electron chi connectivity index (χ3n) is 3.80. The van der Waals surface area contributed by atoms with Crippen molar-refractivity contribution in [2.45, 2.75) is 20.3 Å². The van der Waals surface area contributed by atoms with E-state index < -0.39 is 0 Å². The Morgan fingerprint density at radius 1 is 0.962 bits per heavy atom. The van der Waals surface area contributed by atoms with Crippen molar-refractivity contribution in [2.75, 3.05) is 0 Å². The Hall–Kier alpha value is -2.99. The van der Waals surface area contributed by atoms with Crippen LogP contribution < -0.4 is 10.9 Å². The van der Waals surface area contributed by atoms with Gasteiger partial charge in [-0.25, -0.2) is 4.98 Å². The zero-order valence-electron chi connectivity index (χ0n) is 14.6. The first-order valence-electron chi connectivity index (χ1n) is 8.20. The summed E-state index contributed by atoms with van der Waals surface area (Å²) >= 11 is 1.49. The third-order valence-corrected chi connectivity index (χ3v) is 4.77. The fourth-order valence-electron chi connectivity index (χ4n) is 2.50. The highest BCUT2D eigenvalue weighted by Gasteiger charge is 2.15. The Morgan fingerprint density at radius 2 is 1.65 bits per heavy atom. The first kappa shape index (κ1) is 17.8. The van der Waals surface area contributed by atoms with E-state index in [0.29, 0.717) is 5.56 Å². The highest BCUT2D eigenvalue weighted by atomic mass is 32.1. The number of amides is 2. The quantitative estimate of drug-likeness (QED) is 0.696. The molecule has 1 aromatic heterocycles. The number of aromatic nitrogens is 1. The van der Waals surface area contributed by atoms with Crippen LogP contribution in [0.1, 0.15) is 25.8 Å². The predicted molar refractivity (Wildman–Crippen MR) is 103 cm³/mol. The topological polar surface area (TPSA) is 71.1 Å². The second-order valence-corrected chi connectivity index (χ2v) is 7.20. The number of carbonyl (C=O) groups is 2. The molecule has 2 amide bonds. The van der Waals surface area contributed by atoms with E-state index in [1.165, 1.54) is 16.9 Å². The number of hydrogen-bond donors (Lipinski definition) is 2. The standard InChI is InChI=1S/C20H19N3O2S/c1-13-8-10-15(11-9-13)19-17(26-14(2)21-19)12-18(24)22-23-20(25)16-6-4-3-5-7-16/h3-11H,12H2,1-2H3,(H,22,24)(H,23,25). The minimum absolute atomic E-state index is 0.157.